The molecule has 0 saturated heterocycles. The fourth-order valence-electron chi connectivity index (χ4n) is 6.60. The quantitative estimate of drug-likeness (QED) is 0.153. The summed E-state index contributed by atoms with van der Waals surface area (Å²) in [5.74, 6) is 0.809. The molecular formula is C39H55BrClN5Sn. The standard InChI is InChI=1S/C13H13N3.C10H11Br.C4H3N2.3C4H9.ClH.Sn/c1-5-15-13(16-6-1)11-2-3-12-9-14-7-4-10(12)8-11;11-10-6-5-8-3-1-2-4-9(8)7-10;1-2-5-4-6-3-1;3*1-3-4-2;;/h1-3,5-6,8,14H,4,7,9H2;5-7H,1-4H2;1-3H;3*1,3-4H2,2H3;1H;. The summed E-state index contributed by atoms with van der Waals surface area (Å²) in [5, 5.41) is 3.37. The van der Waals surface area contributed by atoms with Crippen LogP contribution in [0.2, 0.25) is 13.3 Å². The first-order chi connectivity index (χ1) is 22.6. The van der Waals surface area contributed by atoms with Crippen LogP contribution >= 0.6 is 28.3 Å². The number of fused-ring (bicyclic) bond motifs is 2. The molecule has 0 amide bonds. The van der Waals surface area contributed by atoms with E-state index >= 15 is 0 Å². The van der Waals surface area contributed by atoms with Crippen LogP contribution in [0.25, 0.3) is 11.4 Å². The zero-order chi connectivity index (χ0) is 32.5. The maximum absolute atomic E-state index is 4.69. The van der Waals surface area contributed by atoms with Gasteiger partial charge < -0.3 is 5.32 Å². The van der Waals surface area contributed by atoms with Gasteiger partial charge in [-0.1, -0.05) is 34.1 Å². The third kappa shape index (κ3) is 12.5. The number of aromatic nitrogens is 4. The Morgan fingerprint density at radius 2 is 1.21 bits per heavy atom. The van der Waals surface area contributed by atoms with Crippen LogP contribution in [0.5, 0.6) is 0 Å². The molecule has 2 aromatic heterocycles. The number of benzene rings is 2. The van der Waals surface area contributed by atoms with Crippen molar-refractivity contribution in [3.63, 3.8) is 0 Å². The topological polar surface area (TPSA) is 63.6 Å². The minimum Gasteiger partial charge on any atom is -0.312 e. The monoisotopic (exact) mass is 827 g/mol. The molecule has 8 heteroatoms. The summed E-state index contributed by atoms with van der Waals surface area (Å²) in [6, 6.07) is 16.9. The number of nitrogens with zero attached hydrogens (tertiary/aromatic N) is 4. The normalized spacial score (nSPS) is 13.4. The molecule has 0 bridgehead atoms. The van der Waals surface area contributed by atoms with Gasteiger partial charge in [-0.15, -0.1) is 12.4 Å². The summed E-state index contributed by atoms with van der Waals surface area (Å²) < 4.78 is 6.88. The summed E-state index contributed by atoms with van der Waals surface area (Å²) in [5.41, 5.74) is 7.03. The van der Waals surface area contributed by atoms with Gasteiger partial charge in [-0.05, 0) is 85.2 Å². The van der Waals surface area contributed by atoms with Crippen LogP contribution < -0.4 is 9.16 Å². The van der Waals surface area contributed by atoms with Gasteiger partial charge >= 0.3 is 123 Å². The van der Waals surface area contributed by atoms with E-state index in [4.69, 9.17) is 9.97 Å². The molecule has 5 nitrogen and oxygen atoms in total. The molecule has 0 atom stereocenters. The molecule has 0 spiro atoms. The predicted octanol–water partition coefficient (Wildman–Crippen LogP) is 10.1. The van der Waals surface area contributed by atoms with Crippen LogP contribution in [0.1, 0.15) is 94.4 Å². The molecule has 1 N–H and O–H groups in total. The summed E-state index contributed by atoms with van der Waals surface area (Å²) in [6.07, 6.45) is 21.9. The van der Waals surface area contributed by atoms with Gasteiger partial charge in [0.1, 0.15) is 0 Å². The molecular weight excluding hydrogens is 773 g/mol. The number of halogens is 2. The second kappa shape index (κ2) is 22.0. The van der Waals surface area contributed by atoms with E-state index in [1.807, 2.05) is 24.5 Å². The summed E-state index contributed by atoms with van der Waals surface area (Å²) in [6.45, 7) is 8.96. The largest absolute Gasteiger partial charge is 0.312 e. The van der Waals surface area contributed by atoms with Crippen LogP contribution in [0.3, 0.4) is 0 Å². The van der Waals surface area contributed by atoms with E-state index in [-0.39, 0.29) is 12.4 Å². The number of hydrogen-bond donors (Lipinski definition) is 1. The zero-order valence-electron chi connectivity index (χ0n) is 28.8. The number of nitrogens with one attached hydrogen (secondary N) is 1. The maximum Gasteiger partial charge on any atom is 0.159 e. The Hall–Kier alpha value is -1.87. The number of rotatable bonds is 11. The SMILES string of the molecule is Brc1ccc2c(c1)CCCC2.CCC[CH2][Sn]([CH2]CCC)([CH2]CCC)[c]1ncccn1.Cl.c1cnc(-c2ccc3c(c2)CCNC3)nc1. The molecule has 4 aromatic rings. The summed E-state index contributed by atoms with van der Waals surface area (Å²) >= 11 is 1.17. The number of unbranched alkanes of at least 4 members (excludes halogenated alkanes) is 3. The van der Waals surface area contributed by atoms with Crippen LogP contribution in [0.4, 0.5) is 0 Å². The molecule has 6 rings (SSSR count). The second-order valence-electron chi connectivity index (χ2n) is 12.8. The van der Waals surface area contributed by atoms with Crippen molar-refractivity contribution in [2.24, 2.45) is 0 Å². The van der Waals surface area contributed by atoms with Crippen LogP contribution in [-0.4, -0.2) is 44.9 Å². The van der Waals surface area contributed by atoms with E-state index in [1.54, 1.807) is 23.5 Å². The van der Waals surface area contributed by atoms with Gasteiger partial charge in [-0.3, -0.25) is 0 Å². The first-order valence-electron chi connectivity index (χ1n) is 17.7. The summed E-state index contributed by atoms with van der Waals surface area (Å²) in [4.78, 5) is 17.9. The minimum atomic E-state index is -2.32. The zero-order valence-corrected chi connectivity index (χ0v) is 34.1. The first-order valence-corrected chi connectivity index (χ1v) is 26.0. The Bertz CT molecular complexity index is 1420. The average molecular weight is 828 g/mol. The fraction of sp³-hybridized carbons (Fsp3) is 0.487. The van der Waals surface area contributed by atoms with Gasteiger partial charge in [-0.2, -0.15) is 0 Å². The Morgan fingerprint density at radius 1 is 0.660 bits per heavy atom. The van der Waals surface area contributed by atoms with Crippen molar-refractivity contribution in [2.45, 2.75) is 111 Å². The van der Waals surface area contributed by atoms with E-state index < -0.39 is 18.4 Å². The van der Waals surface area contributed by atoms with Crippen molar-refractivity contribution in [2.75, 3.05) is 6.54 Å². The molecule has 1 aliphatic carbocycles. The molecule has 254 valence electrons. The van der Waals surface area contributed by atoms with Crippen molar-refractivity contribution in [3.05, 3.63) is 100 Å². The van der Waals surface area contributed by atoms with Crippen molar-refractivity contribution in [3.8, 4) is 11.4 Å². The number of aryl methyl sites for hydroxylation is 2. The van der Waals surface area contributed by atoms with Gasteiger partial charge in [-0.25, -0.2) is 9.97 Å². The molecule has 3 heterocycles. The Labute approximate surface area is 303 Å². The molecule has 0 unspecified atom stereocenters. The van der Waals surface area contributed by atoms with Crippen molar-refractivity contribution < 1.29 is 0 Å². The van der Waals surface area contributed by atoms with Gasteiger partial charge in [0.15, 0.2) is 5.82 Å². The smallest absolute Gasteiger partial charge is 0.159 e. The third-order valence-electron chi connectivity index (χ3n) is 9.29. The second-order valence-corrected chi connectivity index (χ2v) is 26.5. The predicted molar refractivity (Wildman–Crippen MR) is 207 cm³/mol. The summed E-state index contributed by atoms with van der Waals surface area (Å²) in [7, 11) is 0. The van der Waals surface area contributed by atoms with Crippen LogP contribution in [0.15, 0.2) is 77.8 Å². The molecule has 0 saturated carbocycles. The van der Waals surface area contributed by atoms with E-state index in [2.05, 4.69) is 88.4 Å². The van der Waals surface area contributed by atoms with E-state index in [0.29, 0.717) is 0 Å². The molecule has 0 radical (unpaired) electrons. The minimum absolute atomic E-state index is 0. The van der Waals surface area contributed by atoms with Crippen molar-refractivity contribution in [1.29, 1.82) is 0 Å². The van der Waals surface area contributed by atoms with Crippen LogP contribution in [0, 0.1) is 0 Å². The van der Waals surface area contributed by atoms with Gasteiger partial charge in [0, 0.05) is 29.0 Å². The molecule has 0 fully saturated rings. The maximum atomic E-state index is 4.69. The number of hydrogen-bond acceptors (Lipinski definition) is 5. The Kier molecular flexibility index (Phi) is 18.5. The van der Waals surface area contributed by atoms with Gasteiger partial charge in [0.05, 0.1) is 0 Å². The average Bonchev–Trinajstić information content (AvgIpc) is 3.12. The Balaban J connectivity index is 0.000000195. The van der Waals surface area contributed by atoms with Gasteiger partial charge in [0.2, 0.25) is 0 Å². The van der Waals surface area contributed by atoms with E-state index in [1.165, 1.54) is 97.0 Å². The van der Waals surface area contributed by atoms with Gasteiger partial charge in [0.25, 0.3) is 0 Å². The molecule has 1 aliphatic heterocycles. The van der Waals surface area contributed by atoms with Crippen molar-refractivity contribution in [1.82, 2.24) is 25.3 Å². The Morgan fingerprint density at radius 3 is 1.83 bits per heavy atom. The van der Waals surface area contributed by atoms with E-state index in [9.17, 15) is 0 Å². The first kappa shape index (κ1) is 39.6. The fourth-order valence-corrected chi connectivity index (χ4v) is 21.9. The van der Waals surface area contributed by atoms with E-state index in [0.717, 1.165) is 30.9 Å². The van der Waals surface area contributed by atoms with Crippen molar-refractivity contribution >= 4 is 50.6 Å². The third-order valence-corrected chi connectivity index (χ3v) is 24.5. The molecule has 2 aromatic carbocycles. The van der Waals surface area contributed by atoms with Crippen LogP contribution in [-0.2, 0) is 25.8 Å². The molecule has 2 aliphatic rings. The molecule has 47 heavy (non-hydrogen) atoms.